The lowest BCUT2D eigenvalue weighted by molar-refractivity contribution is -0.0553. The first kappa shape index (κ1) is 14.8. The molecule has 1 fully saturated rings. The number of aliphatic hydroxyl groups is 1. The predicted molar refractivity (Wildman–Crippen MR) is 79.8 cm³/mol. The molecule has 2 aliphatic rings. The normalized spacial score (nSPS) is 24.9. The summed E-state index contributed by atoms with van der Waals surface area (Å²) in [6.07, 6.45) is 1.85. The highest BCUT2D eigenvalue weighted by Gasteiger charge is 2.42. The number of aliphatic hydroxyl groups excluding tert-OH is 1. The summed E-state index contributed by atoms with van der Waals surface area (Å²) >= 11 is 0. The topological polar surface area (TPSA) is 32.7 Å². The number of hydrogen-bond acceptors (Lipinski definition) is 3. The fourth-order valence-electron chi connectivity index (χ4n) is 3.57. The summed E-state index contributed by atoms with van der Waals surface area (Å²) in [6.45, 7) is 7.52. The van der Waals surface area contributed by atoms with Gasteiger partial charge in [0.1, 0.15) is 17.2 Å². The Balaban J connectivity index is 1.74. The van der Waals surface area contributed by atoms with Crippen LogP contribution in [-0.4, -0.2) is 35.2 Å². The number of piperidine rings is 1. The predicted octanol–water partition coefficient (Wildman–Crippen LogP) is 3.13. The van der Waals surface area contributed by atoms with Crippen molar-refractivity contribution in [1.82, 2.24) is 4.90 Å². The van der Waals surface area contributed by atoms with E-state index in [2.05, 4.69) is 18.7 Å². The Morgan fingerprint density at radius 2 is 2.10 bits per heavy atom. The second-order valence-electron chi connectivity index (χ2n) is 6.88. The Labute approximate surface area is 125 Å². The van der Waals surface area contributed by atoms with Crippen molar-refractivity contribution in [3.05, 3.63) is 29.6 Å². The Hall–Kier alpha value is -1.13. The molecule has 1 spiro atoms. The van der Waals surface area contributed by atoms with Gasteiger partial charge in [0.15, 0.2) is 0 Å². The molecule has 1 saturated heterocycles. The molecular weight excluding hydrogens is 269 g/mol. The van der Waals surface area contributed by atoms with Crippen molar-refractivity contribution in [2.75, 3.05) is 19.6 Å². The fourth-order valence-corrected chi connectivity index (χ4v) is 3.57. The lowest BCUT2D eigenvalue weighted by atomic mass is 9.81. The molecule has 0 radical (unpaired) electrons. The van der Waals surface area contributed by atoms with Gasteiger partial charge in [0.2, 0.25) is 0 Å². The Bertz CT molecular complexity index is 510. The van der Waals surface area contributed by atoms with Crippen molar-refractivity contribution >= 4 is 0 Å². The van der Waals surface area contributed by atoms with Crippen LogP contribution in [0.1, 0.15) is 44.8 Å². The molecular formula is C17H24FNO2. The van der Waals surface area contributed by atoms with Crippen molar-refractivity contribution in [2.24, 2.45) is 5.92 Å². The summed E-state index contributed by atoms with van der Waals surface area (Å²) in [5.41, 5.74) is 0.389. The maximum Gasteiger partial charge on any atom is 0.128 e. The zero-order valence-electron chi connectivity index (χ0n) is 12.8. The largest absolute Gasteiger partial charge is 0.487 e. The van der Waals surface area contributed by atoms with E-state index in [1.54, 1.807) is 6.07 Å². The summed E-state index contributed by atoms with van der Waals surface area (Å²) in [4.78, 5) is 2.45. The summed E-state index contributed by atoms with van der Waals surface area (Å²) in [7, 11) is 0. The minimum atomic E-state index is -0.550. The van der Waals surface area contributed by atoms with Crippen LogP contribution in [0.25, 0.3) is 0 Å². The van der Waals surface area contributed by atoms with Crippen LogP contribution in [-0.2, 0) is 0 Å². The van der Waals surface area contributed by atoms with E-state index < -0.39 is 6.10 Å². The van der Waals surface area contributed by atoms with Gasteiger partial charge in [-0.1, -0.05) is 13.8 Å². The van der Waals surface area contributed by atoms with Gasteiger partial charge in [0, 0.05) is 37.7 Å². The number of nitrogens with zero attached hydrogens (tertiary/aromatic N) is 1. The third kappa shape index (κ3) is 3.06. The maximum absolute atomic E-state index is 13.4. The highest BCUT2D eigenvalue weighted by atomic mass is 19.1. The monoisotopic (exact) mass is 293 g/mol. The average molecular weight is 293 g/mol. The molecule has 0 bridgehead atoms. The number of halogens is 1. The van der Waals surface area contributed by atoms with Gasteiger partial charge >= 0.3 is 0 Å². The van der Waals surface area contributed by atoms with E-state index in [4.69, 9.17) is 4.74 Å². The summed E-state index contributed by atoms with van der Waals surface area (Å²) in [5.74, 6) is 0.869. The van der Waals surface area contributed by atoms with E-state index in [1.165, 1.54) is 12.1 Å². The van der Waals surface area contributed by atoms with Gasteiger partial charge in [-0.15, -0.1) is 0 Å². The van der Waals surface area contributed by atoms with Crippen LogP contribution in [0.4, 0.5) is 4.39 Å². The van der Waals surface area contributed by atoms with Crippen LogP contribution in [0, 0.1) is 11.7 Å². The number of benzene rings is 1. The van der Waals surface area contributed by atoms with E-state index in [9.17, 15) is 9.50 Å². The molecule has 21 heavy (non-hydrogen) atoms. The number of likely N-dealkylation sites (tertiary alicyclic amines) is 1. The maximum atomic E-state index is 13.4. The zero-order chi connectivity index (χ0) is 15.0. The van der Waals surface area contributed by atoms with Gasteiger partial charge in [0.25, 0.3) is 0 Å². The van der Waals surface area contributed by atoms with Gasteiger partial charge in [-0.3, -0.25) is 0 Å². The number of ether oxygens (including phenoxy) is 1. The standard InChI is InChI=1S/C17H24FNO2/c1-12(2)11-19-7-5-17(6-8-19)10-15(20)14-4-3-13(18)9-16(14)21-17/h3-4,9,12,15,20H,5-8,10-11H2,1-2H3. The van der Waals surface area contributed by atoms with Crippen LogP contribution < -0.4 is 4.74 Å². The molecule has 1 unspecified atom stereocenters. The minimum absolute atomic E-state index is 0.310. The van der Waals surface area contributed by atoms with Gasteiger partial charge in [-0.2, -0.15) is 0 Å². The highest BCUT2D eigenvalue weighted by molar-refractivity contribution is 5.38. The van der Waals surface area contributed by atoms with Crippen LogP contribution in [0.5, 0.6) is 5.75 Å². The molecule has 4 heteroatoms. The number of hydrogen-bond donors (Lipinski definition) is 1. The Morgan fingerprint density at radius 1 is 1.38 bits per heavy atom. The van der Waals surface area contributed by atoms with Gasteiger partial charge in [0.05, 0.1) is 6.10 Å². The molecule has 1 aromatic carbocycles. The van der Waals surface area contributed by atoms with E-state index in [0.717, 1.165) is 32.5 Å². The van der Waals surface area contributed by atoms with E-state index in [0.29, 0.717) is 23.7 Å². The van der Waals surface area contributed by atoms with Crippen molar-refractivity contribution in [2.45, 2.75) is 44.8 Å². The van der Waals surface area contributed by atoms with Crippen LogP contribution in [0.2, 0.25) is 0 Å². The number of rotatable bonds is 2. The van der Waals surface area contributed by atoms with Crippen molar-refractivity contribution in [3.8, 4) is 5.75 Å². The summed E-state index contributed by atoms with van der Waals surface area (Å²) < 4.78 is 19.6. The molecule has 1 atom stereocenters. The highest BCUT2D eigenvalue weighted by Crippen LogP contribution is 2.44. The molecule has 0 amide bonds. The van der Waals surface area contributed by atoms with Crippen LogP contribution >= 0.6 is 0 Å². The molecule has 0 aromatic heterocycles. The molecule has 1 aromatic rings. The van der Waals surface area contributed by atoms with Gasteiger partial charge in [-0.25, -0.2) is 4.39 Å². The lowest BCUT2D eigenvalue weighted by Crippen LogP contribution is -2.51. The van der Waals surface area contributed by atoms with E-state index >= 15 is 0 Å². The van der Waals surface area contributed by atoms with E-state index in [-0.39, 0.29) is 11.4 Å². The smallest absolute Gasteiger partial charge is 0.128 e. The average Bonchev–Trinajstić information content (AvgIpc) is 2.40. The molecule has 2 aliphatic heterocycles. The minimum Gasteiger partial charge on any atom is -0.487 e. The fraction of sp³-hybridized carbons (Fsp3) is 0.647. The second kappa shape index (κ2) is 5.58. The molecule has 2 heterocycles. The van der Waals surface area contributed by atoms with Crippen molar-refractivity contribution in [3.63, 3.8) is 0 Å². The molecule has 0 aliphatic carbocycles. The second-order valence-corrected chi connectivity index (χ2v) is 6.88. The summed E-state index contributed by atoms with van der Waals surface area (Å²) in [6, 6.07) is 4.42. The molecule has 3 rings (SSSR count). The first-order valence-electron chi connectivity index (χ1n) is 7.86. The summed E-state index contributed by atoms with van der Waals surface area (Å²) in [5, 5.41) is 10.4. The quantitative estimate of drug-likeness (QED) is 0.909. The Morgan fingerprint density at radius 3 is 2.76 bits per heavy atom. The van der Waals surface area contributed by atoms with Crippen molar-refractivity contribution in [1.29, 1.82) is 0 Å². The van der Waals surface area contributed by atoms with Gasteiger partial charge in [-0.05, 0) is 30.9 Å². The third-order valence-corrected chi connectivity index (χ3v) is 4.62. The van der Waals surface area contributed by atoms with Gasteiger partial charge < -0.3 is 14.7 Å². The molecule has 116 valence electrons. The van der Waals surface area contributed by atoms with Crippen LogP contribution in [0.15, 0.2) is 18.2 Å². The first-order valence-corrected chi connectivity index (χ1v) is 7.86. The lowest BCUT2D eigenvalue weighted by Gasteiger charge is -2.46. The van der Waals surface area contributed by atoms with E-state index in [1.807, 2.05) is 0 Å². The Kier molecular flexibility index (Phi) is 3.93. The van der Waals surface area contributed by atoms with Crippen molar-refractivity contribution < 1.29 is 14.2 Å². The molecule has 1 N–H and O–H groups in total. The first-order chi connectivity index (χ1) is 9.97. The number of fused-ring (bicyclic) bond motifs is 1. The van der Waals surface area contributed by atoms with Crippen LogP contribution in [0.3, 0.4) is 0 Å². The zero-order valence-corrected chi connectivity index (χ0v) is 12.8. The third-order valence-electron chi connectivity index (χ3n) is 4.62. The SMILES string of the molecule is CC(C)CN1CCC2(CC1)CC(O)c1ccc(F)cc1O2. The molecule has 0 saturated carbocycles. The molecule has 3 nitrogen and oxygen atoms in total.